The van der Waals surface area contributed by atoms with Crippen molar-refractivity contribution < 1.29 is 9.90 Å². The van der Waals surface area contributed by atoms with E-state index in [9.17, 15) is 9.90 Å². The number of aliphatic hydroxyl groups excluding tert-OH is 1. The summed E-state index contributed by atoms with van der Waals surface area (Å²) in [5.74, 6) is -0.188. The molecule has 1 aromatic carbocycles. The summed E-state index contributed by atoms with van der Waals surface area (Å²) in [6, 6.07) is 5.77. The molecule has 0 saturated heterocycles. The molecule has 3 heteroatoms. The summed E-state index contributed by atoms with van der Waals surface area (Å²) >= 11 is 0. The standard InChI is InChI=1S/C15H19NO2.C2H6/c1-5-16-9-14(12(4)17)15(18)13-8-10(2)6-7-11(13)3;1-2/h6-9,18H,5H2,1-4H3;1-2H3. The van der Waals surface area contributed by atoms with Gasteiger partial charge in [0.05, 0.1) is 5.57 Å². The van der Waals surface area contributed by atoms with Crippen LogP contribution in [0.25, 0.3) is 5.76 Å². The lowest BCUT2D eigenvalue weighted by molar-refractivity contribution is -0.113. The van der Waals surface area contributed by atoms with Gasteiger partial charge in [-0.05, 0) is 39.3 Å². The fourth-order valence-electron chi connectivity index (χ4n) is 1.64. The van der Waals surface area contributed by atoms with E-state index in [1.165, 1.54) is 13.1 Å². The van der Waals surface area contributed by atoms with E-state index < -0.39 is 0 Å². The van der Waals surface area contributed by atoms with Crippen LogP contribution in [0.5, 0.6) is 0 Å². The molecule has 20 heavy (non-hydrogen) atoms. The van der Waals surface area contributed by atoms with Crippen LogP contribution in [0.15, 0.2) is 28.8 Å². The second-order valence-corrected chi connectivity index (χ2v) is 4.26. The maximum Gasteiger partial charge on any atom is 0.165 e. The minimum absolute atomic E-state index is 0.000833. The second-order valence-electron chi connectivity index (χ2n) is 4.26. The number of ketones is 1. The Kier molecular flexibility index (Phi) is 8.21. The summed E-state index contributed by atoms with van der Waals surface area (Å²) in [7, 11) is 0. The Morgan fingerprint density at radius 2 is 1.90 bits per heavy atom. The van der Waals surface area contributed by atoms with Gasteiger partial charge >= 0.3 is 0 Å². The maximum absolute atomic E-state index is 11.6. The number of allylic oxidation sites excluding steroid dienone is 1. The van der Waals surface area contributed by atoms with Gasteiger partial charge in [0.25, 0.3) is 0 Å². The van der Waals surface area contributed by atoms with Crippen molar-refractivity contribution in [3.05, 3.63) is 40.5 Å². The highest BCUT2D eigenvalue weighted by Crippen LogP contribution is 2.21. The average molecular weight is 275 g/mol. The van der Waals surface area contributed by atoms with Gasteiger partial charge in [-0.3, -0.25) is 9.79 Å². The molecule has 0 unspecified atom stereocenters. The number of aliphatic hydroxyl groups is 1. The van der Waals surface area contributed by atoms with Crippen LogP contribution in [-0.2, 0) is 4.79 Å². The molecule has 0 amide bonds. The lowest BCUT2D eigenvalue weighted by Gasteiger charge is -2.08. The quantitative estimate of drug-likeness (QED) is 0.506. The van der Waals surface area contributed by atoms with E-state index in [0.29, 0.717) is 12.1 Å². The summed E-state index contributed by atoms with van der Waals surface area (Å²) < 4.78 is 0. The van der Waals surface area contributed by atoms with Gasteiger partial charge in [-0.25, -0.2) is 0 Å². The van der Waals surface area contributed by atoms with Gasteiger partial charge in [0.15, 0.2) is 5.78 Å². The molecule has 0 aliphatic carbocycles. The van der Waals surface area contributed by atoms with Crippen LogP contribution < -0.4 is 0 Å². The zero-order valence-corrected chi connectivity index (χ0v) is 13.3. The molecule has 0 aliphatic heterocycles. The molecule has 110 valence electrons. The van der Waals surface area contributed by atoms with Gasteiger partial charge in [0, 0.05) is 18.3 Å². The third-order valence-corrected chi connectivity index (χ3v) is 2.69. The van der Waals surface area contributed by atoms with Gasteiger partial charge in [-0.2, -0.15) is 0 Å². The predicted molar refractivity (Wildman–Crippen MR) is 86.5 cm³/mol. The Bertz CT molecular complexity index is 514. The molecule has 0 spiro atoms. The van der Waals surface area contributed by atoms with Crippen molar-refractivity contribution in [1.82, 2.24) is 0 Å². The first-order valence-corrected chi connectivity index (χ1v) is 6.99. The SMILES string of the molecule is CC.CCN=CC(C(C)=O)=C(O)c1cc(C)ccc1C. The van der Waals surface area contributed by atoms with Crippen LogP contribution in [0, 0.1) is 13.8 Å². The Morgan fingerprint density at radius 1 is 1.30 bits per heavy atom. The highest BCUT2D eigenvalue weighted by atomic mass is 16.3. The number of aryl methyl sites for hydroxylation is 2. The number of aliphatic imine (C=N–C) groups is 1. The van der Waals surface area contributed by atoms with Crippen molar-refractivity contribution in [3.8, 4) is 0 Å². The van der Waals surface area contributed by atoms with E-state index in [0.717, 1.165) is 11.1 Å². The minimum atomic E-state index is -0.189. The van der Waals surface area contributed by atoms with Crippen molar-refractivity contribution in [1.29, 1.82) is 0 Å². The fraction of sp³-hybridized carbons (Fsp3) is 0.412. The van der Waals surface area contributed by atoms with Crippen LogP contribution in [0.3, 0.4) is 0 Å². The number of nitrogens with zero attached hydrogens (tertiary/aromatic N) is 1. The molecule has 1 N–H and O–H groups in total. The van der Waals surface area contributed by atoms with E-state index in [2.05, 4.69) is 4.99 Å². The van der Waals surface area contributed by atoms with Crippen LogP contribution >= 0.6 is 0 Å². The van der Waals surface area contributed by atoms with Crippen LogP contribution in [-0.4, -0.2) is 23.6 Å². The fourth-order valence-corrected chi connectivity index (χ4v) is 1.64. The Balaban J connectivity index is 0.00000172. The van der Waals surface area contributed by atoms with Gasteiger partial charge in [-0.15, -0.1) is 0 Å². The molecule has 1 rings (SSSR count). The first kappa shape index (κ1) is 18.1. The van der Waals surface area contributed by atoms with Gasteiger partial charge in [0.1, 0.15) is 5.76 Å². The highest BCUT2D eigenvalue weighted by Gasteiger charge is 2.12. The van der Waals surface area contributed by atoms with Crippen LogP contribution in [0.1, 0.15) is 44.4 Å². The Morgan fingerprint density at radius 3 is 2.40 bits per heavy atom. The summed E-state index contributed by atoms with van der Waals surface area (Å²) in [4.78, 5) is 15.6. The van der Waals surface area contributed by atoms with Crippen molar-refractivity contribution >= 4 is 17.8 Å². The smallest absolute Gasteiger partial charge is 0.165 e. The highest BCUT2D eigenvalue weighted by molar-refractivity contribution is 6.17. The van der Waals surface area contributed by atoms with Crippen molar-refractivity contribution in [2.75, 3.05) is 6.54 Å². The molecule has 0 bridgehead atoms. The molecule has 0 aliphatic rings. The molecule has 0 heterocycles. The third-order valence-electron chi connectivity index (χ3n) is 2.69. The number of hydrogen-bond acceptors (Lipinski definition) is 3. The number of hydrogen-bond donors (Lipinski definition) is 1. The van der Waals surface area contributed by atoms with Crippen molar-refractivity contribution in [3.63, 3.8) is 0 Å². The molecule has 0 fully saturated rings. The van der Waals surface area contributed by atoms with E-state index in [1.807, 2.05) is 52.8 Å². The van der Waals surface area contributed by atoms with Crippen LogP contribution in [0.2, 0.25) is 0 Å². The summed E-state index contributed by atoms with van der Waals surface area (Å²) in [5, 5.41) is 10.3. The topological polar surface area (TPSA) is 49.7 Å². The number of carbonyl (C=O) groups is 1. The molecule has 0 radical (unpaired) electrons. The molecular formula is C17H25NO2. The lowest BCUT2D eigenvalue weighted by Crippen LogP contribution is -2.04. The van der Waals surface area contributed by atoms with Gasteiger partial charge < -0.3 is 5.11 Å². The Hall–Kier alpha value is -1.90. The predicted octanol–water partition coefficient (Wildman–Crippen LogP) is 4.28. The number of Topliss-reactive ketones (excluding diaryl/α,β-unsaturated/α-hetero) is 1. The molecule has 1 aromatic rings. The van der Waals surface area contributed by atoms with Crippen LogP contribution in [0.4, 0.5) is 0 Å². The summed E-state index contributed by atoms with van der Waals surface area (Å²) in [6.45, 7) is 11.7. The third kappa shape index (κ3) is 5.00. The van der Waals surface area contributed by atoms with Crippen molar-refractivity contribution in [2.45, 2.75) is 41.5 Å². The van der Waals surface area contributed by atoms with E-state index in [1.54, 1.807) is 0 Å². The molecular weight excluding hydrogens is 250 g/mol. The number of benzene rings is 1. The maximum atomic E-state index is 11.6. The zero-order valence-electron chi connectivity index (χ0n) is 13.3. The van der Waals surface area contributed by atoms with E-state index >= 15 is 0 Å². The zero-order chi connectivity index (χ0) is 15.7. The largest absolute Gasteiger partial charge is 0.506 e. The Labute approximate surface area is 122 Å². The van der Waals surface area contributed by atoms with Gasteiger partial charge in [0.2, 0.25) is 0 Å². The number of rotatable bonds is 4. The first-order chi connectivity index (χ1) is 9.47. The second kappa shape index (κ2) is 9.08. The lowest BCUT2D eigenvalue weighted by atomic mass is 10.00. The molecule has 0 atom stereocenters. The monoisotopic (exact) mass is 275 g/mol. The van der Waals surface area contributed by atoms with Gasteiger partial charge in [-0.1, -0.05) is 31.5 Å². The minimum Gasteiger partial charge on any atom is -0.506 e. The molecule has 0 saturated carbocycles. The number of carbonyl (C=O) groups excluding carboxylic acids is 1. The van der Waals surface area contributed by atoms with E-state index in [4.69, 9.17) is 0 Å². The summed E-state index contributed by atoms with van der Waals surface area (Å²) in [5.41, 5.74) is 2.91. The normalized spacial score (nSPS) is 11.7. The first-order valence-electron chi connectivity index (χ1n) is 6.99. The average Bonchev–Trinajstić information content (AvgIpc) is 2.43. The molecule has 3 nitrogen and oxygen atoms in total. The summed E-state index contributed by atoms with van der Waals surface area (Å²) in [6.07, 6.45) is 1.44. The van der Waals surface area contributed by atoms with E-state index in [-0.39, 0.29) is 17.1 Å². The molecule has 0 aromatic heterocycles. The van der Waals surface area contributed by atoms with Crippen molar-refractivity contribution in [2.24, 2.45) is 4.99 Å².